The van der Waals surface area contributed by atoms with Crippen LogP contribution in [0.5, 0.6) is 0 Å². The molecule has 0 aliphatic carbocycles. The molecule has 0 aliphatic heterocycles. The van der Waals surface area contributed by atoms with Crippen molar-refractivity contribution in [3.63, 3.8) is 0 Å². The van der Waals surface area contributed by atoms with Gasteiger partial charge in [-0.3, -0.25) is 0 Å². The third-order valence-corrected chi connectivity index (χ3v) is 13.7. The fraction of sp³-hybridized carbons (Fsp3) is 0.0556. The van der Waals surface area contributed by atoms with Crippen molar-refractivity contribution in [1.29, 1.82) is 0 Å². The van der Waals surface area contributed by atoms with Crippen LogP contribution < -0.4 is 30.1 Å². The molecule has 0 spiro atoms. The summed E-state index contributed by atoms with van der Waals surface area (Å²) in [4.78, 5) is 7.65. The van der Waals surface area contributed by atoms with Crippen molar-refractivity contribution in [2.24, 2.45) is 0 Å². The molecule has 2 heterocycles. The molecule has 4 nitrogen and oxygen atoms in total. The van der Waals surface area contributed by atoms with Crippen LogP contribution in [0.2, 0.25) is 0 Å². The molecule has 0 saturated heterocycles. The summed E-state index contributed by atoms with van der Waals surface area (Å²) in [7, 11) is -1.57. The molecule has 0 unspecified atom stereocenters. The van der Waals surface area contributed by atoms with Gasteiger partial charge in [-0.2, -0.15) is 0 Å². The molecule has 9 heteroatoms. The van der Waals surface area contributed by atoms with E-state index in [2.05, 4.69) is 163 Å². The maximum absolute atomic E-state index is 3.83. The van der Waals surface area contributed by atoms with Gasteiger partial charge in [0.05, 0.1) is 37.1 Å². The summed E-state index contributed by atoms with van der Waals surface area (Å²) in [5.74, 6) is 0. The molecule has 2 aromatic heterocycles. The molecular weight excluding hydrogens is 819 g/mol. The van der Waals surface area contributed by atoms with E-state index in [-0.39, 0.29) is 31.4 Å². The first-order valence-corrected chi connectivity index (χ1v) is 18.9. The molecular formula is C36H38N2O2P2PdSe2+2. The zero-order chi connectivity index (χ0) is 29.2. The second-order valence-corrected chi connectivity index (χ2v) is 16.5. The topological polar surface area (TPSA) is 88.8 Å². The van der Waals surface area contributed by atoms with Crippen LogP contribution in [0, 0.1) is 0 Å². The fourth-order valence-corrected chi connectivity index (χ4v) is 11.1. The van der Waals surface area contributed by atoms with Crippen molar-refractivity contribution in [2.75, 3.05) is 12.3 Å². The molecule has 0 aliphatic rings. The second-order valence-electron chi connectivity index (χ2n) is 9.29. The largest absolute Gasteiger partial charge is 0.101 e. The number of hydrogen-bond donors (Lipinski definition) is 0. The van der Waals surface area contributed by atoms with Crippen LogP contribution in [0.4, 0.5) is 0 Å². The summed E-state index contributed by atoms with van der Waals surface area (Å²) in [5.41, 5.74) is 0. The average Bonchev–Trinajstić information content (AvgIpc) is 3.06. The van der Waals surface area contributed by atoms with Crippen molar-refractivity contribution in [3.05, 3.63) is 170 Å². The number of nitrogens with zero attached hydrogens (tertiary/aromatic N) is 2. The smallest absolute Gasteiger partial charge is 0.0620 e. The molecule has 0 atom stereocenters. The third-order valence-electron chi connectivity index (χ3n) is 6.41. The van der Waals surface area contributed by atoms with Crippen molar-refractivity contribution < 1.29 is 31.4 Å². The zero-order valence-electron chi connectivity index (χ0n) is 24.6. The minimum atomic E-state index is -0.783. The Hall–Kier alpha value is -2.34. The normalized spacial score (nSPS) is 9.56. The van der Waals surface area contributed by atoms with Crippen molar-refractivity contribution in [2.45, 2.75) is 0 Å². The van der Waals surface area contributed by atoms with Crippen LogP contribution in [-0.4, -0.2) is 65.3 Å². The molecule has 0 amide bonds. The summed E-state index contributed by atoms with van der Waals surface area (Å²) in [6.45, 7) is 0. The van der Waals surface area contributed by atoms with E-state index in [1.54, 1.807) is 24.8 Å². The first kappa shape index (κ1) is 40.7. The van der Waals surface area contributed by atoms with Crippen molar-refractivity contribution in [3.8, 4) is 0 Å². The Morgan fingerprint density at radius 2 is 0.600 bits per heavy atom. The summed E-state index contributed by atoms with van der Waals surface area (Å²) >= 11 is 5.72. The van der Waals surface area contributed by atoms with Gasteiger partial charge in [0.2, 0.25) is 0 Å². The van der Waals surface area contributed by atoms with Gasteiger partial charge in [0.1, 0.15) is 12.3 Å². The van der Waals surface area contributed by atoms with E-state index in [0.717, 1.165) is 8.92 Å². The molecule has 0 saturated carbocycles. The van der Waals surface area contributed by atoms with Gasteiger partial charge in [-0.05, 0) is 48.5 Å². The standard InChI is InChI=1S/C26H24P2.2C5H5NSe.2H2O.Pd/c1-5-13-23(14-6-1)27(24-15-7-2-8-16-24)21-22-28(25-17-9-3-10-18-25)26-19-11-4-12-20-26;2*7-5-1-3-6-4-2-5;;;/h1-20H,21-22H2;2*1-4H,(H,6,7);2*1H2;/q;;;;;+2. The molecule has 6 rings (SSSR count). The first-order valence-electron chi connectivity index (χ1n) is 13.8. The van der Waals surface area contributed by atoms with Crippen LogP contribution >= 0.6 is 15.8 Å². The van der Waals surface area contributed by atoms with Crippen LogP contribution in [0.3, 0.4) is 0 Å². The molecule has 0 bridgehead atoms. The second kappa shape index (κ2) is 23.9. The van der Waals surface area contributed by atoms with Gasteiger partial charge in [-0.1, -0.05) is 72.8 Å². The Morgan fingerprint density at radius 3 is 0.778 bits per heavy atom. The number of rotatable bonds is 7. The quantitative estimate of drug-likeness (QED) is 0.183. The summed E-state index contributed by atoms with van der Waals surface area (Å²) in [5, 5.41) is 6.06. The van der Waals surface area contributed by atoms with E-state index < -0.39 is 15.8 Å². The van der Waals surface area contributed by atoms with Crippen LogP contribution in [-0.2, 0) is 20.4 Å². The van der Waals surface area contributed by atoms with Crippen LogP contribution in [0.1, 0.15) is 0 Å². The van der Waals surface area contributed by atoms with Gasteiger partial charge in [-0.15, -0.1) is 0 Å². The van der Waals surface area contributed by atoms with Gasteiger partial charge >= 0.3 is 120 Å². The Morgan fingerprint density at radius 1 is 0.378 bits per heavy atom. The van der Waals surface area contributed by atoms with E-state index >= 15 is 0 Å². The minimum Gasteiger partial charge on any atom is -0.0620 e. The molecule has 6 aromatic rings. The van der Waals surface area contributed by atoms with E-state index in [1.165, 1.54) is 33.5 Å². The molecule has 234 valence electrons. The van der Waals surface area contributed by atoms with Crippen molar-refractivity contribution in [1.82, 2.24) is 9.97 Å². The average molecular weight is 857 g/mol. The van der Waals surface area contributed by atoms with E-state index in [9.17, 15) is 0 Å². The molecule has 45 heavy (non-hydrogen) atoms. The molecule has 4 N–H and O–H groups in total. The number of hydrogen-bond acceptors (Lipinski definition) is 2. The fourth-order valence-electron chi connectivity index (χ4n) is 4.39. The van der Waals surface area contributed by atoms with Gasteiger partial charge < -0.3 is 11.0 Å². The van der Waals surface area contributed by atoms with Gasteiger partial charge in [0.15, 0.2) is 0 Å². The molecule has 4 aromatic carbocycles. The predicted molar refractivity (Wildman–Crippen MR) is 197 cm³/mol. The SMILES string of the molecule is O.O.[Pd+2].[Se-]c1ccncc1.[Se-]c1ccncc1.c1ccc([PH+](CC[PH+](c2ccccc2)c2ccccc2)c2ccccc2)cc1. The predicted octanol–water partition coefficient (Wildman–Crippen LogP) is 2.82. The minimum absolute atomic E-state index is 0. The van der Waals surface area contributed by atoms with E-state index in [0.29, 0.717) is 0 Å². The number of aromatic nitrogens is 2. The van der Waals surface area contributed by atoms with Gasteiger partial charge in [-0.25, -0.2) is 0 Å². The Balaban J connectivity index is 0.000000493. The van der Waals surface area contributed by atoms with Crippen LogP contribution in [0.25, 0.3) is 0 Å². The van der Waals surface area contributed by atoms with Crippen molar-refractivity contribution >= 4 is 78.0 Å². The monoisotopic (exact) mass is 858 g/mol. The molecule has 0 radical (unpaired) electrons. The Labute approximate surface area is 300 Å². The number of pyridine rings is 2. The third kappa shape index (κ3) is 14.7. The van der Waals surface area contributed by atoms with Crippen LogP contribution in [0.15, 0.2) is 170 Å². The zero-order valence-corrected chi connectivity index (χ0v) is 31.6. The Kier molecular flexibility index (Phi) is 21.6. The summed E-state index contributed by atoms with van der Waals surface area (Å²) < 4.78 is 2.27. The summed E-state index contributed by atoms with van der Waals surface area (Å²) in [6.07, 6.45) is 9.54. The van der Waals surface area contributed by atoms with Gasteiger partial charge in [0, 0.05) is 0 Å². The maximum atomic E-state index is 3.83. The van der Waals surface area contributed by atoms with Gasteiger partial charge in [0.25, 0.3) is 0 Å². The van der Waals surface area contributed by atoms with E-state index in [1.807, 2.05) is 24.3 Å². The number of benzene rings is 4. The first-order chi connectivity index (χ1) is 20.7. The maximum Gasteiger partial charge on any atom is 0.101 e. The Bertz CT molecular complexity index is 1350. The molecule has 0 fully saturated rings. The van der Waals surface area contributed by atoms with E-state index in [4.69, 9.17) is 0 Å². The summed E-state index contributed by atoms with van der Waals surface area (Å²) in [6, 6.07) is 52.2.